The van der Waals surface area contributed by atoms with Gasteiger partial charge < -0.3 is 10.1 Å². The lowest BCUT2D eigenvalue weighted by atomic mass is 10.1. The third kappa shape index (κ3) is 5.05. The number of benzene rings is 3. The van der Waals surface area contributed by atoms with Crippen LogP contribution in [0.15, 0.2) is 66.7 Å². The van der Waals surface area contributed by atoms with Crippen molar-refractivity contribution in [3.05, 3.63) is 72.3 Å². The van der Waals surface area contributed by atoms with E-state index in [-0.39, 0.29) is 11.0 Å². The summed E-state index contributed by atoms with van der Waals surface area (Å²) in [5.74, 6) is 0.275. The molecule has 27 heavy (non-hydrogen) atoms. The minimum Gasteiger partial charge on any atom is -0.493 e. The Kier molecular flexibility index (Phi) is 6.39. The van der Waals surface area contributed by atoms with Crippen molar-refractivity contribution >= 4 is 39.7 Å². The van der Waals surface area contributed by atoms with Crippen molar-refractivity contribution in [2.75, 3.05) is 11.9 Å². The minimum absolute atomic E-state index is 0.249. The van der Waals surface area contributed by atoms with E-state index in [1.807, 2.05) is 42.5 Å². The van der Waals surface area contributed by atoms with E-state index in [4.69, 9.17) is 17.0 Å². The fourth-order valence-electron chi connectivity index (χ4n) is 2.71. The molecule has 0 fully saturated rings. The Morgan fingerprint density at radius 2 is 1.74 bits per heavy atom. The third-order valence-corrected chi connectivity index (χ3v) is 4.33. The number of carbonyl (C=O) groups is 1. The van der Waals surface area contributed by atoms with Gasteiger partial charge in [-0.1, -0.05) is 55.8 Å². The van der Waals surface area contributed by atoms with Crippen LogP contribution in [-0.4, -0.2) is 17.6 Å². The number of rotatable bonds is 6. The topological polar surface area (TPSA) is 50.4 Å². The number of carbonyl (C=O) groups excluding carboxylic acids is 1. The SMILES string of the molecule is CCCCOc1ccccc1C(=O)NC(=S)Nc1ccc2ccccc2c1. The minimum atomic E-state index is -0.291. The van der Waals surface area contributed by atoms with Crippen molar-refractivity contribution in [1.29, 1.82) is 0 Å². The van der Waals surface area contributed by atoms with Crippen LogP contribution in [0.1, 0.15) is 30.1 Å². The molecule has 0 heterocycles. The van der Waals surface area contributed by atoms with Gasteiger partial charge in [0.25, 0.3) is 5.91 Å². The molecule has 0 radical (unpaired) electrons. The van der Waals surface area contributed by atoms with E-state index in [1.165, 1.54) is 0 Å². The zero-order valence-electron chi connectivity index (χ0n) is 15.2. The summed E-state index contributed by atoms with van der Waals surface area (Å²) in [6.07, 6.45) is 1.98. The molecule has 0 aromatic heterocycles. The lowest BCUT2D eigenvalue weighted by molar-refractivity contribution is 0.0973. The highest BCUT2D eigenvalue weighted by Crippen LogP contribution is 2.20. The highest BCUT2D eigenvalue weighted by Gasteiger charge is 2.13. The summed E-state index contributed by atoms with van der Waals surface area (Å²) in [6.45, 7) is 2.68. The summed E-state index contributed by atoms with van der Waals surface area (Å²) < 4.78 is 5.72. The molecule has 1 amide bonds. The van der Waals surface area contributed by atoms with E-state index in [9.17, 15) is 4.79 Å². The van der Waals surface area contributed by atoms with Crippen molar-refractivity contribution in [1.82, 2.24) is 5.32 Å². The zero-order chi connectivity index (χ0) is 19.1. The number of thiocarbonyl (C=S) groups is 1. The van der Waals surface area contributed by atoms with Crippen LogP contribution >= 0.6 is 12.2 Å². The highest BCUT2D eigenvalue weighted by molar-refractivity contribution is 7.80. The number of hydrogen-bond donors (Lipinski definition) is 2. The maximum Gasteiger partial charge on any atom is 0.261 e. The smallest absolute Gasteiger partial charge is 0.261 e. The van der Waals surface area contributed by atoms with Crippen LogP contribution in [0.25, 0.3) is 10.8 Å². The number of ether oxygens (including phenoxy) is 1. The molecular weight excluding hydrogens is 356 g/mol. The molecule has 0 spiro atoms. The molecule has 138 valence electrons. The Morgan fingerprint density at radius 3 is 2.56 bits per heavy atom. The zero-order valence-corrected chi connectivity index (χ0v) is 16.0. The lowest BCUT2D eigenvalue weighted by Crippen LogP contribution is -2.34. The second-order valence-electron chi connectivity index (χ2n) is 6.17. The van der Waals surface area contributed by atoms with Gasteiger partial charge in [0, 0.05) is 5.69 Å². The average Bonchev–Trinajstić information content (AvgIpc) is 2.68. The van der Waals surface area contributed by atoms with E-state index >= 15 is 0 Å². The number of unbranched alkanes of at least 4 members (excludes halogenated alkanes) is 1. The van der Waals surface area contributed by atoms with Gasteiger partial charge in [-0.3, -0.25) is 10.1 Å². The van der Waals surface area contributed by atoms with Gasteiger partial charge in [-0.05, 0) is 53.7 Å². The van der Waals surface area contributed by atoms with Crippen LogP contribution in [0.4, 0.5) is 5.69 Å². The molecule has 0 unspecified atom stereocenters. The van der Waals surface area contributed by atoms with Gasteiger partial charge in [0.05, 0.1) is 12.2 Å². The van der Waals surface area contributed by atoms with Gasteiger partial charge >= 0.3 is 0 Å². The molecule has 0 aliphatic heterocycles. The van der Waals surface area contributed by atoms with E-state index in [1.54, 1.807) is 18.2 Å². The van der Waals surface area contributed by atoms with Crippen LogP contribution in [0.2, 0.25) is 0 Å². The van der Waals surface area contributed by atoms with Crippen LogP contribution in [0.5, 0.6) is 5.75 Å². The highest BCUT2D eigenvalue weighted by atomic mass is 32.1. The normalized spacial score (nSPS) is 10.4. The van der Waals surface area contributed by atoms with E-state index in [2.05, 4.69) is 23.6 Å². The van der Waals surface area contributed by atoms with Gasteiger partial charge in [-0.2, -0.15) is 0 Å². The number of nitrogens with one attached hydrogen (secondary N) is 2. The average molecular weight is 378 g/mol. The molecule has 5 heteroatoms. The summed E-state index contributed by atoms with van der Waals surface area (Å²) in [6, 6.07) is 21.2. The molecule has 0 aliphatic carbocycles. The Balaban J connectivity index is 1.65. The largest absolute Gasteiger partial charge is 0.493 e. The second-order valence-corrected chi connectivity index (χ2v) is 6.58. The first kappa shape index (κ1) is 18.9. The number of para-hydroxylation sites is 1. The Labute approximate surface area is 164 Å². The van der Waals surface area contributed by atoms with Crippen molar-refractivity contribution < 1.29 is 9.53 Å². The predicted octanol–water partition coefficient (Wildman–Crippen LogP) is 5.15. The molecule has 3 aromatic carbocycles. The third-order valence-electron chi connectivity index (χ3n) is 4.12. The van der Waals surface area contributed by atoms with E-state index in [0.29, 0.717) is 17.9 Å². The lowest BCUT2D eigenvalue weighted by Gasteiger charge is -2.13. The Bertz CT molecular complexity index is 956. The summed E-state index contributed by atoms with van der Waals surface area (Å²) in [5.41, 5.74) is 1.29. The molecular formula is C22H22N2O2S. The van der Waals surface area contributed by atoms with Crippen LogP contribution in [0, 0.1) is 0 Å². The predicted molar refractivity (Wildman–Crippen MR) is 114 cm³/mol. The van der Waals surface area contributed by atoms with Crippen LogP contribution < -0.4 is 15.4 Å². The maximum atomic E-state index is 12.6. The molecule has 0 atom stereocenters. The molecule has 2 N–H and O–H groups in total. The van der Waals surface area contributed by atoms with Gasteiger partial charge in [0.15, 0.2) is 5.11 Å². The van der Waals surface area contributed by atoms with Gasteiger partial charge in [0.1, 0.15) is 5.75 Å². The van der Waals surface area contributed by atoms with Gasteiger partial charge in [-0.25, -0.2) is 0 Å². The molecule has 0 bridgehead atoms. The molecule has 3 rings (SSSR count). The fraction of sp³-hybridized carbons (Fsp3) is 0.182. The van der Waals surface area contributed by atoms with Crippen molar-refractivity contribution in [2.24, 2.45) is 0 Å². The summed E-state index contributed by atoms with van der Waals surface area (Å²) in [4.78, 5) is 12.6. The van der Waals surface area contributed by atoms with Crippen LogP contribution in [0.3, 0.4) is 0 Å². The summed E-state index contributed by atoms with van der Waals surface area (Å²) >= 11 is 5.30. The number of amides is 1. The second kappa shape index (κ2) is 9.14. The molecule has 0 saturated carbocycles. The standard InChI is InChI=1S/C22H22N2O2S/c1-2-3-14-26-20-11-7-6-10-19(20)21(25)24-22(27)23-18-13-12-16-8-4-5-9-17(16)15-18/h4-13,15H,2-3,14H2,1H3,(H2,23,24,25,27). The van der Waals surface area contributed by atoms with Crippen LogP contribution in [-0.2, 0) is 0 Å². The van der Waals surface area contributed by atoms with Gasteiger partial charge in [-0.15, -0.1) is 0 Å². The van der Waals surface area contributed by atoms with Crippen molar-refractivity contribution in [3.8, 4) is 5.75 Å². The first-order valence-corrected chi connectivity index (χ1v) is 9.41. The molecule has 3 aromatic rings. The maximum absolute atomic E-state index is 12.6. The number of hydrogen-bond acceptors (Lipinski definition) is 3. The number of anilines is 1. The monoisotopic (exact) mass is 378 g/mol. The van der Waals surface area contributed by atoms with Gasteiger partial charge in [0.2, 0.25) is 0 Å². The molecule has 0 aliphatic rings. The van der Waals surface area contributed by atoms with E-state index < -0.39 is 0 Å². The molecule has 0 saturated heterocycles. The van der Waals surface area contributed by atoms with Crippen molar-refractivity contribution in [2.45, 2.75) is 19.8 Å². The first-order valence-electron chi connectivity index (χ1n) is 9.00. The number of fused-ring (bicyclic) bond motifs is 1. The molecule has 4 nitrogen and oxygen atoms in total. The Morgan fingerprint density at radius 1 is 1.00 bits per heavy atom. The fourth-order valence-corrected chi connectivity index (χ4v) is 2.92. The summed E-state index contributed by atoms with van der Waals surface area (Å²) in [5, 5.41) is 8.29. The first-order chi connectivity index (χ1) is 13.2. The Hall–Kier alpha value is -2.92. The summed E-state index contributed by atoms with van der Waals surface area (Å²) in [7, 11) is 0. The van der Waals surface area contributed by atoms with Crippen molar-refractivity contribution in [3.63, 3.8) is 0 Å². The van der Waals surface area contributed by atoms with E-state index in [0.717, 1.165) is 29.3 Å². The quantitative estimate of drug-likeness (QED) is 0.460.